The molecule has 0 aliphatic heterocycles. The Balaban J connectivity index is 2.60. The van der Waals surface area contributed by atoms with E-state index in [2.05, 4.69) is 26.8 Å². The molecule has 0 atom stereocenters. The van der Waals surface area contributed by atoms with Gasteiger partial charge in [-0.3, -0.25) is 0 Å². The van der Waals surface area contributed by atoms with Gasteiger partial charge in [0.1, 0.15) is 0 Å². The first-order valence-electron chi connectivity index (χ1n) is 3.01. The van der Waals surface area contributed by atoms with E-state index in [1.807, 2.05) is 6.07 Å². The lowest BCUT2D eigenvalue weighted by atomic mass is 10.5. The van der Waals surface area contributed by atoms with Gasteiger partial charge in [-0.15, -0.1) is 6.42 Å². The second-order valence-corrected chi connectivity index (χ2v) is 2.72. The highest BCUT2D eigenvalue weighted by molar-refractivity contribution is 9.10. The van der Waals surface area contributed by atoms with E-state index in [9.17, 15) is 0 Å². The standard InChI is InChI=1S/C8H6BrNO/c1-2-5-11-8-4-3-7(9)6-10-8/h1,3-4,6H,5H2. The minimum atomic E-state index is 0.259. The van der Waals surface area contributed by atoms with Crippen molar-refractivity contribution in [3.8, 4) is 18.2 Å². The molecule has 0 aliphatic carbocycles. The normalized spacial score (nSPS) is 8.73. The van der Waals surface area contributed by atoms with E-state index in [4.69, 9.17) is 11.2 Å². The maximum atomic E-state index is 5.04. The van der Waals surface area contributed by atoms with Crippen LogP contribution in [0.5, 0.6) is 5.88 Å². The summed E-state index contributed by atoms with van der Waals surface area (Å²) in [4.78, 5) is 3.95. The summed E-state index contributed by atoms with van der Waals surface area (Å²) < 4.78 is 5.96. The summed E-state index contributed by atoms with van der Waals surface area (Å²) in [5.74, 6) is 2.90. The third kappa shape index (κ3) is 2.60. The smallest absolute Gasteiger partial charge is 0.214 e. The van der Waals surface area contributed by atoms with E-state index in [0.29, 0.717) is 5.88 Å². The Labute approximate surface area is 73.7 Å². The van der Waals surface area contributed by atoms with Gasteiger partial charge in [-0.2, -0.15) is 0 Å². The van der Waals surface area contributed by atoms with E-state index in [-0.39, 0.29) is 6.61 Å². The predicted octanol–water partition coefficient (Wildman–Crippen LogP) is 1.86. The number of aromatic nitrogens is 1. The lowest BCUT2D eigenvalue weighted by molar-refractivity contribution is 0.355. The molecule has 0 amide bonds. The van der Waals surface area contributed by atoms with Crippen LogP contribution in [-0.2, 0) is 0 Å². The van der Waals surface area contributed by atoms with Gasteiger partial charge in [-0.1, -0.05) is 5.92 Å². The molecule has 1 aromatic heterocycles. The minimum absolute atomic E-state index is 0.259. The Hall–Kier alpha value is -1.01. The average molecular weight is 212 g/mol. The van der Waals surface area contributed by atoms with Gasteiger partial charge >= 0.3 is 0 Å². The Bertz CT molecular complexity index is 262. The van der Waals surface area contributed by atoms with Crippen LogP contribution in [0.1, 0.15) is 0 Å². The molecule has 1 rings (SSSR count). The first-order chi connectivity index (χ1) is 5.33. The number of ether oxygens (including phenoxy) is 1. The zero-order valence-electron chi connectivity index (χ0n) is 5.75. The summed E-state index contributed by atoms with van der Waals surface area (Å²) in [6.07, 6.45) is 6.65. The largest absolute Gasteiger partial charge is 0.464 e. The molecule has 0 N–H and O–H groups in total. The molecule has 3 heteroatoms. The summed E-state index contributed by atoms with van der Waals surface area (Å²) in [6.45, 7) is 0.259. The van der Waals surface area contributed by atoms with Crippen LogP contribution in [0.4, 0.5) is 0 Å². The molecule has 11 heavy (non-hydrogen) atoms. The van der Waals surface area contributed by atoms with E-state index in [0.717, 1.165) is 4.47 Å². The fourth-order valence-corrected chi connectivity index (χ4v) is 0.798. The molecule has 0 radical (unpaired) electrons. The molecule has 0 saturated carbocycles. The summed E-state index contributed by atoms with van der Waals surface area (Å²) in [5.41, 5.74) is 0. The zero-order valence-corrected chi connectivity index (χ0v) is 7.34. The molecule has 1 aromatic rings. The molecule has 0 fully saturated rings. The van der Waals surface area contributed by atoms with Crippen molar-refractivity contribution in [3.63, 3.8) is 0 Å². The topological polar surface area (TPSA) is 22.1 Å². The summed E-state index contributed by atoms with van der Waals surface area (Å²) in [6, 6.07) is 3.60. The number of nitrogens with zero attached hydrogens (tertiary/aromatic N) is 1. The Kier molecular flexibility index (Phi) is 2.94. The van der Waals surface area contributed by atoms with E-state index in [1.54, 1.807) is 12.3 Å². The van der Waals surface area contributed by atoms with Crippen LogP contribution in [0.25, 0.3) is 0 Å². The van der Waals surface area contributed by atoms with Crippen LogP contribution in [0.15, 0.2) is 22.8 Å². The maximum absolute atomic E-state index is 5.04. The maximum Gasteiger partial charge on any atom is 0.214 e. The summed E-state index contributed by atoms with van der Waals surface area (Å²) >= 11 is 3.26. The van der Waals surface area contributed by atoms with Crippen molar-refractivity contribution in [3.05, 3.63) is 22.8 Å². The van der Waals surface area contributed by atoms with Gasteiger partial charge in [0.15, 0.2) is 6.61 Å². The highest BCUT2D eigenvalue weighted by Gasteiger charge is 1.91. The third-order valence-corrected chi connectivity index (χ3v) is 1.47. The van der Waals surface area contributed by atoms with Crippen molar-refractivity contribution in [2.24, 2.45) is 0 Å². The van der Waals surface area contributed by atoms with Gasteiger partial charge in [0.05, 0.1) is 0 Å². The number of hydrogen-bond acceptors (Lipinski definition) is 2. The van der Waals surface area contributed by atoms with Crippen LogP contribution in [0.3, 0.4) is 0 Å². The van der Waals surface area contributed by atoms with Crippen LogP contribution in [0.2, 0.25) is 0 Å². The van der Waals surface area contributed by atoms with Crippen LogP contribution in [-0.4, -0.2) is 11.6 Å². The molecule has 56 valence electrons. The third-order valence-electron chi connectivity index (χ3n) is 1.00. The van der Waals surface area contributed by atoms with Crippen LogP contribution >= 0.6 is 15.9 Å². The Morgan fingerprint density at radius 1 is 1.64 bits per heavy atom. The molecule has 0 unspecified atom stereocenters. The number of rotatable bonds is 2. The fraction of sp³-hybridized carbons (Fsp3) is 0.125. The van der Waals surface area contributed by atoms with Crippen molar-refractivity contribution in [2.45, 2.75) is 0 Å². The van der Waals surface area contributed by atoms with Crippen LogP contribution in [0, 0.1) is 12.3 Å². The molecule has 2 nitrogen and oxygen atoms in total. The summed E-state index contributed by atoms with van der Waals surface area (Å²) in [7, 11) is 0. The predicted molar refractivity (Wildman–Crippen MR) is 46.3 cm³/mol. The molecule has 0 saturated heterocycles. The highest BCUT2D eigenvalue weighted by atomic mass is 79.9. The van der Waals surface area contributed by atoms with Gasteiger partial charge in [-0.25, -0.2) is 4.98 Å². The van der Waals surface area contributed by atoms with Gasteiger partial charge in [0.25, 0.3) is 0 Å². The number of pyridine rings is 1. The second-order valence-electron chi connectivity index (χ2n) is 1.81. The molecular weight excluding hydrogens is 206 g/mol. The molecular formula is C8H6BrNO. The van der Waals surface area contributed by atoms with Crippen molar-refractivity contribution < 1.29 is 4.74 Å². The molecule has 0 bridgehead atoms. The SMILES string of the molecule is C#CCOc1ccc(Br)cn1. The van der Waals surface area contributed by atoms with Crippen molar-refractivity contribution in [1.82, 2.24) is 4.98 Å². The van der Waals surface area contributed by atoms with E-state index < -0.39 is 0 Å². The Morgan fingerprint density at radius 2 is 2.45 bits per heavy atom. The van der Waals surface area contributed by atoms with Crippen molar-refractivity contribution >= 4 is 15.9 Å². The van der Waals surface area contributed by atoms with Gasteiger partial charge in [-0.05, 0) is 22.0 Å². The monoisotopic (exact) mass is 211 g/mol. The fourth-order valence-electron chi connectivity index (χ4n) is 0.563. The number of terminal acetylenes is 1. The van der Waals surface area contributed by atoms with Gasteiger partial charge in [0.2, 0.25) is 5.88 Å². The first-order valence-corrected chi connectivity index (χ1v) is 3.80. The van der Waals surface area contributed by atoms with E-state index in [1.165, 1.54) is 0 Å². The quantitative estimate of drug-likeness (QED) is 0.698. The lowest BCUT2D eigenvalue weighted by Crippen LogP contribution is -1.94. The van der Waals surface area contributed by atoms with Crippen LogP contribution < -0.4 is 4.74 Å². The molecule has 0 spiro atoms. The second kappa shape index (κ2) is 3.99. The minimum Gasteiger partial charge on any atom is -0.464 e. The average Bonchev–Trinajstić information content (AvgIpc) is 2.04. The van der Waals surface area contributed by atoms with Crippen molar-refractivity contribution in [1.29, 1.82) is 0 Å². The lowest BCUT2D eigenvalue weighted by Gasteiger charge is -1.98. The molecule has 1 heterocycles. The summed E-state index contributed by atoms with van der Waals surface area (Å²) in [5, 5.41) is 0. The van der Waals surface area contributed by atoms with Gasteiger partial charge in [0, 0.05) is 16.7 Å². The van der Waals surface area contributed by atoms with Gasteiger partial charge < -0.3 is 4.74 Å². The zero-order chi connectivity index (χ0) is 8.10. The first kappa shape index (κ1) is 8.09. The molecule has 0 aliphatic rings. The number of hydrogen-bond donors (Lipinski definition) is 0. The molecule has 0 aromatic carbocycles. The number of halogens is 1. The Morgan fingerprint density at radius 3 is 3.00 bits per heavy atom. The highest BCUT2D eigenvalue weighted by Crippen LogP contribution is 2.11. The van der Waals surface area contributed by atoms with Crippen molar-refractivity contribution in [2.75, 3.05) is 6.61 Å². The van der Waals surface area contributed by atoms with E-state index >= 15 is 0 Å².